The lowest BCUT2D eigenvalue weighted by atomic mass is 10.3. The van der Waals surface area contributed by atoms with E-state index in [9.17, 15) is 48.9 Å². The number of nitrogens with zero attached hydrogens (tertiary/aromatic N) is 4. The molecule has 0 spiro atoms. The number of nitrogens with one attached hydrogen (secondary N) is 4. The smallest absolute Gasteiger partial charge is 0.234 e. The molecule has 0 bridgehead atoms. The van der Waals surface area contributed by atoms with Gasteiger partial charge in [0.1, 0.15) is 0 Å². The minimum Gasteiger partial charge on any atom is -0.548 e. The van der Waals surface area contributed by atoms with Crippen LogP contribution in [-0.4, -0.2) is 166 Å². The molecule has 1 saturated heterocycles. The van der Waals surface area contributed by atoms with E-state index in [-0.39, 0.29) is 71.4 Å². The molecule has 238 valence electrons. The summed E-state index contributed by atoms with van der Waals surface area (Å²) in [7, 11) is 0. The largest absolute Gasteiger partial charge is 0.548 e. The second kappa shape index (κ2) is 20.1. The third-order valence-electron chi connectivity index (χ3n) is 6.06. The van der Waals surface area contributed by atoms with Crippen molar-refractivity contribution in [2.75, 3.05) is 105 Å². The van der Waals surface area contributed by atoms with Gasteiger partial charge >= 0.3 is 0 Å². The summed E-state index contributed by atoms with van der Waals surface area (Å²) in [5.74, 6) is -6.29. The molecular formula is C24H39N8O10-3. The van der Waals surface area contributed by atoms with Gasteiger partial charge in [-0.1, -0.05) is 0 Å². The van der Waals surface area contributed by atoms with E-state index in [0.29, 0.717) is 19.6 Å². The summed E-state index contributed by atoms with van der Waals surface area (Å²) in [4.78, 5) is 88.5. The third-order valence-corrected chi connectivity index (χ3v) is 6.06. The van der Waals surface area contributed by atoms with Crippen LogP contribution in [0.1, 0.15) is 6.92 Å². The molecule has 0 aromatic carbocycles. The number of rotatable bonds is 15. The van der Waals surface area contributed by atoms with Gasteiger partial charge in [-0.2, -0.15) is 0 Å². The number of carboxylic acid groups (broad SMARTS) is 3. The quantitative estimate of drug-likeness (QED) is 0.136. The fourth-order valence-corrected chi connectivity index (χ4v) is 3.96. The molecule has 18 heteroatoms. The molecule has 1 fully saturated rings. The molecule has 0 aliphatic carbocycles. The Labute approximate surface area is 243 Å². The van der Waals surface area contributed by atoms with Crippen molar-refractivity contribution in [2.45, 2.75) is 6.92 Å². The molecule has 4 amide bonds. The minimum atomic E-state index is -1.46. The Morgan fingerprint density at radius 1 is 0.452 bits per heavy atom. The van der Waals surface area contributed by atoms with E-state index >= 15 is 0 Å². The Kier molecular flexibility index (Phi) is 17.3. The summed E-state index contributed by atoms with van der Waals surface area (Å²) in [6.07, 6.45) is 0. The van der Waals surface area contributed by atoms with Crippen molar-refractivity contribution >= 4 is 41.5 Å². The standard InChI is InChI=1S/C24H42N8O10/c1-2-25-18(33)14-29-3-5-30(15-19(34)26-11-22(37)38)7-9-32(17-21(36)28-13-24(41)42)10-8-31(6-4-29)16-20(35)27-12-23(39)40/h2-17H2,1H3,(H,25,33)(H,26,34)(H,27,35)(H,28,36)(H,37,38)(H,39,40)(H,41,42)/p-3. The first-order valence-corrected chi connectivity index (χ1v) is 13.4. The Morgan fingerprint density at radius 2 is 0.667 bits per heavy atom. The van der Waals surface area contributed by atoms with Crippen molar-refractivity contribution in [3.63, 3.8) is 0 Å². The molecule has 0 aromatic heterocycles. The van der Waals surface area contributed by atoms with E-state index < -0.39 is 55.3 Å². The van der Waals surface area contributed by atoms with Gasteiger partial charge < -0.3 is 51.0 Å². The van der Waals surface area contributed by atoms with E-state index in [1.54, 1.807) is 21.6 Å². The van der Waals surface area contributed by atoms with E-state index in [0.717, 1.165) is 0 Å². The summed E-state index contributed by atoms with van der Waals surface area (Å²) < 4.78 is 0. The van der Waals surface area contributed by atoms with Crippen molar-refractivity contribution in [1.82, 2.24) is 40.9 Å². The molecule has 1 heterocycles. The van der Waals surface area contributed by atoms with Crippen LogP contribution in [0.4, 0.5) is 0 Å². The van der Waals surface area contributed by atoms with Crippen LogP contribution in [0.25, 0.3) is 0 Å². The summed E-state index contributed by atoms with van der Waals surface area (Å²) in [5, 5.41) is 41.6. The molecule has 0 atom stereocenters. The Balaban J connectivity index is 3.10. The predicted molar refractivity (Wildman–Crippen MR) is 138 cm³/mol. The van der Waals surface area contributed by atoms with Crippen molar-refractivity contribution in [3.8, 4) is 0 Å². The number of aliphatic carboxylic acids is 3. The van der Waals surface area contributed by atoms with Crippen LogP contribution in [0.15, 0.2) is 0 Å². The van der Waals surface area contributed by atoms with Crippen molar-refractivity contribution in [2.24, 2.45) is 0 Å². The molecule has 1 aliphatic rings. The average Bonchev–Trinajstić information content (AvgIpc) is 2.91. The molecule has 1 aliphatic heterocycles. The molecule has 4 N–H and O–H groups in total. The topological polar surface area (TPSA) is 250 Å². The normalized spacial score (nSPS) is 16.3. The molecule has 42 heavy (non-hydrogen) atoms. The number of carboxylic acids is 3. The molecule has 0 radical (unpaired) electrons. The van der Waals surface area contributed by atoms with Crippen molar-refractivity contribution in [1.29, 1.82) is 0 Å². The zero-order valence-electron chi connectivity index (χ0n) is 23.7. The van der Waals surface area contributed by atoms with Gasteiger partial charge in [-0.15, -0.1) is 0 Å². The van der Waals surface area contributed by atoms with Gasteiger partial charge in [-0.05, 0) is 6.92 Å². The minimum absolute atomic E-state index is 0.0357. The number of likely N-dealkylation sites (N-methyl/N-ethyl adjacent to an activating group) is 1. The second-order valence-electron chi connectivity index (χ2n) is 9.50. The highest BCUT2D eigenvalue weighted by Crippen LogP contribution is 2.02. The number of carbonyl (C=O) groups is 7. The number of carbonyl (C=O) groups excluding carboxylic acids is 7. The van der Waals surface area contributed by atoms with E-state index in [4.69, 9.17) is 0 Å². The third kappa shape index (κ3) is 17.7. The van der Waals surface area contributed by atoms with Crippen LogP contribution in [-0.2, 0) is 33.6 Å². The van der Waals surface area contributed by atoms with Gasteiger partial charge in [0.15, 0.2) is 0 Å². The highest BCUT2D eigenvalue weighted by Gasteiger charge is 2.21. The Bertz CT molecular complexity index is 902. The highest BCUT2D eigenvalue weighted by molar-refractivity contribution is 5.83. The molecule has 0 unspecified atom stereocenters. The summed E-state index contributed by atoms with van der Waals surface area (Å²) in [6.45, 7) is 1.86. The van der Waals surface area contributed by atoms with Crippen LogP contribution in [0.3, 0.4) is 0 Å². The van der Waals surface area contributed by atoms with Crippen LogP contribution in [0.5, 0.6) is 0 Å². The number of amides is 4. The second-order valence-corrected chi connectivity index (χ2v) is 9.50. The molecule has 18 nitrogen and oxygen atoms in total. The molecular weight excluding hydrogens is 560 g/mol. The van der Waals surface area contributed by atoms with Crippen molar-refractivity contribution < 1.29 is 48.9 Å². The highest BCUT2D eigenvalue weighted by atomic mass is 16.4. The zero-order chi connectivity index (χ0) is 31.5. The van der Waals surface area contributed by atoms with Gasteiger partial charge in [0.25, 0.3) is 0 Å². The van der Waals surface area contributed by atoms with Crippen LogP contribution >= 0.6 is 0 Å². The first-order chi connectivity index (χ1) is 19.9. The SMILES string of the molecule is CCNC(=O)CN1CCN(CC(=O)NCC(=O)[O-])CCN(CC(=O)NCC(=O)[O-])CCN(CC(=O)NCC(=O)[O-])CC1. The van der Waals surface area contributed by atoms with Gasteiger partial charge in [-0.25, -0.2) is 0 Å². The summed E-state index contributed by atoms with van der Waals surface area (Å²) in [5.41, 5.74) is 0. The number of hydrogen-bond donors (Lipinski definition) is 4. The van der Waals surface area contributed by atoms with E-state index in [1.165, 1.54) is 0 Å². The maximum absolute atomic E-state index is 12.3. The average molecular weight is 600 g/mol. The zero-order valence-corrected chi connectivity index (χ0v) is 23.7. The monoisotopic (exact) mass is 599 g/mol. The first-order valence-electron chi connectivity index (χ1n) is 13.4. The van der Waals surface area contributed by atoms with Gasteiger partial charge in [-0.3, -0.25) is 38.8 Å². The summed E-state index contributed by atoms with van der Waals surface area (Å²) in [6, 6.07) is 0. The first kappa shape index (κ1) is 36.2. The maximum atomic E-state index is 12.3. The van der Waals surface area contributed by atoms with Crippen LogP contribution < -0.4 is 36.6 Å². The lowest BCUT2D eigenvalue weighted by molar-refractivity contribution is -0.305. The summed E-state index contributed by atoms with van der Waals surface area (Å²) >= 11 is 0. The van der Waals surface area contributed by atoms with E-state index in [1.807, 2.05) is 4.90 Å². The maximum Gasteiger partial charge on any atom is 0.234 e. The molecule has 1 rings (SSSR count). The molecule has 0 aromatic rings. The van der Waals surface area contributed by atoms with Crippen LogP contribution in [0.2, 0.25) is 0 Å². The predicted octanol–water partition coefficient (Wildman–Crippen LogP) is -9.06. The fourth-order valence-electron chi connectivity index (χ4n) is 3.96. The Hall–Kier alpha value is -3.87. The fraction of sp³-hybridized carbons (Fsp3) is 0.708. The van der Waals surface area contributed by atoms with Gasteiger partial charge in [0, 0.05) is 58.9 Å². The van der Waals surface area contributed by atoms with Gasteiger partial charge in [0.05, 0.1) is 63.7 Å². The van der Waals surface area contributed by atoms with E-state index in [2.05, 4.69) is 21.3 Å². The van der Waals surface area contributed by atoms with Crippen molar-refractivity contribution in [3.05, 3.63) is 0 Å². The van der Waals surface area contributed by atoms with Gasteiger partial charge in [0.2, 0.25) is 23.6 Å². The molecule has 0 saturated carbocycles. The lowest BCUT2D eigenvalue weighted by Crippen LogP contribution is -2.52. The number of hydrogen-bond acceptors (Lipinski definition) is 14. The van der Waals surface area contributed by atoms with Crippen LogP contribution in [0, 0.1) is 0 Å². The Morgan fingerprint density at radius 3 is 0.857 bits per heavy atom. The lowest BCUT2D eigenvalue weighted by Gasteiger charge is -2.33.